The van der Waals surface area contributed by atoms with Crippen LogP contribution in [0.4, 0.5) is 0 Å². The number of aliphatic hydroxyl groups excluding tert-OH is 1. The third-order valence-corrected chi connectivity index (χ3v) is 9.24. The molecule has 0 aromatic carbocycles. The summed E-state index contributed by atoms with van der Waals surface area (Å²) in [6.45, 7) is 4.55. The highest BCUT2D eigenvalue weighted by Crippen LogP contribution is 2.43. The smallest absolute Gasteiger partial charge is 0.457 e. The molecule has 0 radical (unpaired) electrons. The van der Waals surface area contributed by atoms with Crippen LogP contribution in [0.2, 0.25) is 0 Å². The Morgan fingerprint density at radius 1 is 0.652 bits per heavy atom. The Morgan fingerprint density at radius 3 is 1.54 bits per heavy atom. The van der Waals surface area contributed by atoms with Crippen molar-refractivity contribution in [2.24, 2.45) is 0 Å². The van der Waals surface area contributed by atoms with E-state index >= 15 is 0 Å². The highest BCUT2D eigenvalue weighted by molar-refractivity contribution is 7.47. The van der Waals surface area contributed by atoms with Gasteiger partial charge in [-0.2, -0.15) is 0 Å². The summed E-state index contributed by atoms with van der Waals surface area (Å²) in [4.78, 5) is 22.6. The fourth-order valence-corrected chi connectivity index (χ4v) is 5.97. The second-order valence-corrected chi connectivity index (χ2v) is 15.6. The molecule has 0 heterocycles. The first-order valence-corrected chi connectivity index (χ1v) is 20.4. The molecule has 276 valence electrons. The lowest BCUT2D eigenvalue weighted by Gasteiger charge is -2.24. The van der Waals surface area contributed by atoms with Crippen molar-refractivity contribution in [3.63, 3.8) is 0 Å². The number of rotatable bonds is 35. The van der Waals surface area contributed by atoms with E-state index in [4.69, 9.17) is 18.5 Å². The van der Waals surface area contributed by atoms with Crippen LogP contribution >= 0.6 is 7.82 Å². The molecule has 2 N–H and O–H groups in total. The van der Waals surface area contributed by atoms with Gasteiger partial charge in [0.05, 0.1) is 34.4 Å². The van der Waals surface area contributed by atoms with Crippen molar-refractivity contribution in [3.8, 4) is 0 Å². The van der Waals surface area contributed by atoms with Crippen LogP contribution in [0.3, 0.4) is 0 Å². The number of ether oxygens (including phenoxy) is 2. The molecule has 0 amide bonds. The first-order valence-electron chi connectivity index (χ1n) is 18.9. The molecule has 10 heteroatoms. The number of aliphatic hydroxyl groups is 1. The molecule has 0 saturated heterocycles. The van der Waals surface area contributed by atoms with Gasteiger partial charge in [0.1, 0.15) is 19.3 Å². The van der Waals surface area contributed by atoms with Gasteiger partial charge in [0.15, 0.2) is 6.29 Å². The van der Waals surface area contributed by atoms with E-state index in [9.17, 15) is 19.4 Å². The zero-order valence-corrected chi connectivity index (χ0v) is 31.6. The van der Waals surface area contributed by atoms with Gasteiger partial charge in [-0.05, 0) is 19.3 Å². The summed E-state index contributed by atoms with van der Waals surface area (Å²) < 4.78 is 34.3. The standard InChI is InChI=1S/C36H74NO8P/c1-6-8-10-12-14-15-16-17-18-19-20-21-23-24-26-28-35(38)42-32-34(33-44-46(40,41)43-31-30-37(3,4)5)45-36(39)29-27-25-22-13-11-9-7-2/h34-35,38H,6-33H2,1-5H3/p+1/t34-,35?/m1/s1. The maximum Gasteiger partial charge on any atom is 0.472 e. The minimum atomic E-state index is -4.33. The number of phosphoric acid groups is 1. The Morgan fingerprint density at radius 2 is 1.09 bits per heavy atom. The number of carbonyl (C=O) groups is 1. The first-order chi connectivity index (χ1) is 22.0. The topological polar surface area (TPSA) is 112 Å². The maximum atomic E-state index is 12.5. The summed E-state index contributed by atoms with van der Waals surface area (Å²) in [7, 11) is 1.53. The monoisotopic (exact) mass is 681 g/mol. The molecule has 0 aliphatic carbocycles. The van der Waals surface area contributed by atoms with Gasteiger partial charge >= 0.3 is 13.8 Å². The number of esters is 1. The van der Waals surface area contributed by atoms with Crippen molar-refractivity contribution in [2.45, 2.75) is 180 Å². The van der Waals surface area contributed by atoms with Gasteiger partial charge in [-0.25, -0.2) is 4.57 Å². The number of hydrogen-bond acceptors (Lipinski definition) is 7. The minimum Gasteiger partial charge on any atom is -0.457 e. The molecule has 0 aromatic heterocycles. The molecule has 0 saturated carbocycles. The van der Waals surface area contributed by atoms with Crippen molar-refractivity contribution in [3.05, 3.63) is 0 Å². The summed E-state index contributed by atoms with van der Waals surface area (Å²) in [5, 5.41) is 10.4. The van der Waals surface area contributed by atoms with Gasteiger partial charge < -0.3 is 24.0 Å². The molecular formula is C36H75NO8P+. The molecule has 0 fully saturated rings. The Kier molecular flexibility index (Phi) is 30.2. The lowest BCUT2D eigenvalue weighted by atomic mass is 10.0. The fraction of sp³-hybridized carbons (Fsp3) is 0.972. The van der Waals surface area contributed by atoms with E-state index in [1.165, 1.54) is 103 Å². The average molecular weight is 681 g/mol. The third kappa shape index (κ3) is 33.4. The number of carbonyl (C=O) groups excluding carboxylic acids is 1. The normalized spacial score (nSPS) is 14.7. The van der Waals surface area contributed by atoms with E-state index < -0.39 is 26.2 Å². The molecule has 0 aromatic rings. The molecular weight excluding hydrogens is 605 g/mol. The minimum absolute atomic E-state index is 0.0501. The summed E-state index contributed by atoms with van der Waals surface area (Å²) in [6.07, 6.45) is 25.6. The molecule has 9 nitrogen and oxygen atoms in total. The molecule has 3 atom stereocenters. The molecule has 0 aliphatic heterocycles. The van der Waals surface area contributed by atoms with Crippen LogP contribution < -0.4 is 0 Å². The summed E-state index contributed by atoms with van der Waals surface area (Å²) in [6, 6.07) is 0. The van der Waals surface area contributed by atoms with Crippen molar-refractivity contribution in [1.82, 2.24) is 0 Å². The van der Waals surface area contributed by atoms with E-state index in [2.05, 4.69) is 13.8 Å². The largest absolute Gasteiger partial charge is 0.472 e. The Hall–Kier alpha value is -0.540. The Balaban J connectivity index is 4.30. The second-order valence-electron chi connectivity index (χ2n) is 14.1. The van der Waals surface area contributed by atoms with Crippen molar-refractivity contribution >= 4 is 13.8 Å². The van der Waals surface area contributed by atoms with Crippen LogP contribution in [0.15, 0.2) is 0 Å². The zero-order valence-electron chi connectivity index (χ0n) is 30.7. The van der Waals surface area contributed by atoms with Gasteiger partial charge in [-0.15, -0.1) is 0 Å². The fourth-order valence-electron chi connectivity index (χ4n) is 5.22. The van der Waals surface area contributed by atoms with Crippen LogP contribution in [0.1, 0.15) is 168 Å². The number of nitrogens with zero attached hydrogens (tertiary/aromatic N) is 1. The predicted molar refractivity (Wildman–Crippen MR) is 189 cm³/mol. The second kappa shape index (κ2) is 30.5. The molecule has 0 bridgehead atoms. The van der Waals surface area contributed by atoms with Crippen LogP contribution in [0.5, 0.6) is 0 Å². The zero-order chi connectivity index (χ0) is 34.4. The SMILES string of the molecule is CCCCCCCCCCCCCCCCCC(O)OC[C@H](COP(=O)(O)OCC[N+](C)(C)C)OC(=O)CCCCCCCCC. The quantitative estimate of drug-likeness (QED) is 0.0224. The van der Waals surface area contributed by atoms with Crippen LogP contribution in [0, 0.1) is 0 Å². The maximum absolute atomic E-state index is 12.5. The first kappa shape index (κ1) is 45.5. The highest BCUT2D eigenvalue weighted by Gasteiger charge is 2.26. The van der Waals surface area contributed by atoms with Crippen molar-refractivity contribution in [1.29, 1.82) is 0 Å². The van der Waals surface area contributed by atoms with Gasteiger partial charge in [-0.3, -0.25) is 13.8 Å². The molecule has 0 spiro atoms. The molecule has 0 aliphatic rings. The van der Waals surface area contributed by atoms with E-state index in [0.717, 1.165) is 38.5 Å². The van der Waals surface area contributed by atoms with Gasteiger partial charge in [0, 0.05) is 6.42 Å². The van der Waals surface area contributed by atoms with Crippen LogP contribution in [-0.4, -0.2) is 80.4 Å². The average Bonchev–Trinajstić information content (AvgIpc) is 2.99. The number of hydrogen-bond donors (Lipinski definition) is 2. The number of likely N-dealkylation sites (N-methyl/N-ethyl adjacent to an activating group) is 1. The highest BCUT2D eigenvalue weighted by atomic mass is 31.2. The van der Waals surface area contributed by atoms with E-state index in [-0.39, 0.29) is 26.2 Å². The number of unbranched alkanes of at least 4 members (excludes halogenated alkanes) is 20. The Bertz CT molecular complexity index is 733. The molecule has 2 unspecified atom stereocenters. The van der Waals surface area contributed by atoms with Crippen LogP contribution in [-0.2, 0) is 27.9 Å². The van der Waals surface area contributed by atoms with E-state index in [1.807, 2.05) is 21.1 Å². The molecule has 46 heavy (non-hydrogen) atoms. The Labute approximate surface area is 283 Å². The number of quaternary nitrogens is 1. The van der Waals surface area contributed by atoms with Gasteiger partial charge in [-0.1, -0.05) is 142 Å². The van der Waals surface area contributed by atoms with E-state index in [0.29, 0.717) is 17.4 Å². The lowest BCUT2D eigenvalue weighted by Crippen LogP contribution is -2.37. The lowest BCUT2D eigenvalue weighted by molar-refractivity contribution is -0.870. The van der Waals surface area contributed by atoms with Crippen molar-refractivity contribution < 1.29 is 42.4 Å². The van der Waals surface area contributed by atoms with E-state index in [1.54, 1.807) is 0 Å². The third-order valence-electron chi connectivity index (χ3n) is 8.25. The van der Waals surface area contributed by atoms with Gasteiger partial charge in [0.2, 0.25) is 0 Å². The van der Waals surface area contributed by atoms with Gasteiger partial charge in [0.25, 0.3) is 0 Å². The molecule has 0 rings (SSSR count). The van der Waals surface area contributed by atoms with Crippen LogP contribution in [0.25, 0.3) is 0 Å². The predicted octanol–water partition coefficient (Wildman–Crippen LogP) is 9.48. The number of phosphoric ester groups is 1. The summed E-state index contributed by atoms with van der Waals surface area (Å²) in [5.41, 5.74) is 0. The summed E-state index contributed by atoms with van der Waals surface area (Å²) >= 11 is 0. The van der Waals surface area contributed by atoms with Crippen molar-refractivity contribution in [2.75, 3.05) is 47.5 Å². The summed E-state index contributed by atoms with van der Waals surface area (Å²) in [5.74, 6) is -0.402.